The highest BCUT2D eigenvalue weighted by Gasteiger charge is 2.10. The number of nitrogens with one attached hydrogen (secondary N) is 3. The van der Waals surface area contributed by atoms with Crippen molar-refractivity contribution in [1.82, 2.24) is 15.8 Å². The fraction of sp³-hybridized carbons (Fsp3) is 0. The Morgan fingerprint density at radius 1 is 1.16 bits per heavy atom. The van der Waals surface area contributed by atoms with Gasteiger partial charge in [0.25, 0.3) is 11.8 Å². The molecule has 0 saturated carbocycles. The zero-order valence-corrected chi connectivity index (χ0v) is 11.1. The predicted molar refractivity (Wildman–Crippen MR) is 69.8 cm³/mol. The molecule has 7 heteroatoms. The first-order valence-electron chi connectivity index (χ1n) is 5.26. The molecule has 98 valence electrons. The predicted octanol–water partition coefficient (Wildman–Crippen LogP) is 1.99. The molecule has 0 unspecified atom stereocenters. The molecule has 0 fully saturated rings. The monoisotopic (exact) mass is 325 g/mol. The van der Waals surface area contributed by atoms with Gasteiger partial charge >= 0.3 is 0 Å². The third-order valence-corrected chi connectivity index (χ3v) is 2.73. The quantitative estimate of drug-likeness (QED) is 0.739. The van der Waals surface area contributed by atoms with Crippen LogP contribution < -0.4 is 10.9 Å². The average Bonchev–Trinajstić information content (AvgIpc) is 2.82. The maximum Gasteiger partial charge on any atom is 0.286 e. The molecule has 0 aliphatic heterocycles. The van der Waals surface area contributed by atoms with Gasteiger partial charge in [-0.15, -0.1) is 0 Å². The van der Waals surface area contributed by atoms with Gasteiger partial charge in [-0.2, -0.15) is 0 Å². The highest BCUT2D eigenvalue weighted by Crippen LogP contribution is 2.10. The van der Waals surface area contributed by atoms with Gasteiger partial charge in [0.1, 0.15) is 11.5 Å². The molecule has 0 aliphatic rings. The van der Waals surface area contributed by atoms with Crippen molar-refractivity contribution < 1.29 is 14.0 Å². The highest BCUT2D eigenvalue weighted by atomic mass is 79.9. The van der Waals surface area contributed by atoms with Crippen LogP contribution in [-0.4, -0.2) is 16.8 Å². The summed E-state index contributed by atoms with van der Waals surface area (Å²) in [4.78, 5) is 25.9. The second-order valence-electron chi connectivity index (χ2n) is 3.65. The number of aromatic amines is 1. The summed E-state index contributed by atoms with van der Waals surface area (Å²) in [5.41, 5.74) is 4.81. The Bertz CT molecular complexity index is 627. The lowest BCUT2D eigenvalue weighted by molar-refractivity contribution is 0.0844. The van der Waals surface area contributed by atoms with Crippen molar-refractivity contribution >= 4 is 27.7 Å². The molecule has 0 atom stereocenters. The molecule has 0 spiro atoms. The van der Waals surface area contributed by atoms with Crippen molar-refractivity contribution in [3.63, 3.8) is 0 Å². The van der Waals surface area contributed by atoms with E-state index in [1.807, 2.05) is 0 Å². The first-order chi connectivity index (χ1) is 9.06. The molecule has 2 aromatic rings. The number of rotatable bonds is 2. The van der Waals surface area contributed by atoms with Gasteiger partial charge in [-0.25, -0.2) is 4.39 Å². The fourth-order valence-electron chi connectivity index (χ4n) is 1.38. The van der Waals surface area contributed by atoms with Crippen LogP contribution in [0.1, 0.15) is 20.8 Å². The van der Waals surface area contributed by atoms with Crippen LogP contribution >= 0.6 is 15.9 Å². The van der Waals surface area contributed by atoms with Gasteiger partial charge in [-0.1, -0.05) is 6.07 Å². The van der Waals surface area contributed by atoms with Crippen LogP contribution in [0, 0.1) is 5.82 Å². The van der Waals surface area contributed by atoms with Crippen molar-refractivity contribution in [1.29, 1.82) is 0 Å². The zero-order chi connectivity index (χ0) is 13.8. The maximum atomic E-state index is 12.9. The van der Waals surface area contributed by atoms with Gasteiger partial charge in [0, 0.05) is 16.2 Å². The van der Waals surface area contributed by atoms with Gasteiger partial charge in [-0.3, -0.25) is 20.4 Å². The molecule has 19 heavy (non-hydrogen) atoms. The van der Waals surface area contributed by atoms with E-state index in [9.17, 15) is 14.0 Å². The summed E-state index contributed by atoms with van der Waals surface area (Å²) in [6.45, 7) is 0. The minimum absolute atomic E-state index is 0.118. The van der Waals surface area contributed by atoms with Crippen molar-refractivity contribution in [2.24, 2.45) is 0 Å². The van der Waals surface area contributed by atoms with Gasteiger partial charge < -0.3 is 4.98 Å². The van der Waals surface area contributed by atoms with Crippen molar-refractivity contribution in [2.45, 2.75) is 0 Å². The fourth-order valence-corrected chi connectivity index (χ4v) is 1.73. The summed E-state index contributed by atoms with van der Waals surface area (Å²) in [5.74, 6) is -1.62. The Balaban J connectivity index is 1.95. The van der Waals surface area contributed by atoms with Gasteiger partial charge in [-0.05, 0) is 40.2 Å². The maximum absolute atomic E-state index is 12.9. The molecule has 5 nitrogen and oxygen atoms in total. The van der Waals surface area contributed by atoms with E-state index in [0.29, 0.717) is 4.47 Å². The summed E-state index contributed by atoms with van der Waals surface area (Å²) in [6, 6.07) is 6.71. The Labute approximate surface area is 116 Å². The molecule has 0 saturated heterocycles. The normalized spacial score (nSPS) is 10.0. The summed E-state index contributed by atoms with van der Waals surface area (Å²) in [7, 11) is 0. The van der Waals surface area contributed by atoms with E-state index < -0.39 is 17.6 Å². The molecule has 0 aliphatic carbocycles. The number of hydrogen-bond acceptors (Lipinski definition) is 2. The zero-order valence-electron chi connectivity index (χ0n) is 9.54. The van der Waals surface area contributed by atoms with Crippen LogP contribution in [0.5, 0.6) is 0 Å². The highest BCUT2D eigenvalue weighted by molar-refractivity contribution is 9.10. The van der Waals surface area contributed by atoms with E-state index in [4.69, 9.17) is 0 Å². The molecule has 1 aromatic heterocycles. The standard InChI is InChI=1S/C12H9BrFN3O2/c13-8-5-10(15-6-8)12(19)17-16-11(18)7-2-1-3-9(14)4-7/h1-6,15H,(H,16,18)(H,17,19). The van der Waals surface area contributed by atoms with E-state index >= 15 is 0 Å². The van der Waals surface area contributed by atoms with Gasteiger partial charge in [0.2, 0.25) is 0 Å². The second kappa shape index (κ2) is 5.66. The van der Waals surface area contributed by atoms with E-state index in [0.717, 1.165) is 6.07 Å². The SMILES string of the molecule is O=C(NNC(=O)c1cc(Br)c[nH]1)c1cccc(F)c1. The number of amides is 2. The molecular weight excluding hydrogens is 317 g/mol. The molecule has 3 N–H and O–H groups in total. The van der Waals surface area contributed by atoms with Crippen LogP contribution in [0.25, 0.3) is 0 Å². The Hall–Kier alpha value is -2.15. The van der Waals surface area contributed by atoms with Crippen molar-refractivity contribution in [2.75, 3.05) is 0 Å². The molecule has 1 heterocycles. The average molecular weight is 326 g/mol. The van der Waals surface area contributed by atoms with Crippen LogP contribution in [0.3, 0.4) is 0 Å². The van der Waals surface area contributed by atoms with Crippen LogP contribution in [0.4, 0.5) is 4.39 Å². The third kappa shape index (κ3) is 3.41. The topological polar surface area (TPSA) is 74.0 Å². The minimum atomic E-state index is -0.599. The van der Waals surface area contributed by atoms with Gasteiger partial charge in [0.15, 0.2) is 0 Å². The Morgan fingerprint density at radius 2 is 1.89 bits per heavy atom. The Morgan fingerprint density at radius 3 is 2.53 bits per heavy atom. The summed E-state index contributed by atoms with van der Waals surface area (Å²) >= 11 is 3.18. The van der Waals surface area contributed by atoms with Crippen LogP contribution in [0.2, 0.25) is 0 Å². The lowest BCUT2D eigenvalue weighted by Gasteiger charge is -2.06. The van der Waals surface area contributed by atoms with E-state index in [1.165, 1.54) is 18.2 Å². The largest absolute Gasteiger partial charge is 0.356 e. The molecule has 0 radical (unpaired) electrons. The van der Waals surface area contributed by atoms with Gasteiger partial charge in [0.05, 0.1) is 0 Å². The van der Waals surface area contributed by atoms with Crippen molar-refractivity contribution in [3.05, 3.63) is 58.1 Å². The summed E-state index contributed by atoms with van der Waals surface area (Å²) < 4.78 is 13.6. The van der Waals surface area contributed by atoms with Crippen LogP contribution in [0.15, 0.2) is 41.0 Å². The first kappa shape index (κ1) is 13.3. The minimum Gasteiger partial charge on any atom is -0.356 e. The molecule has 1 aromatic carbocycles. The number of benzene rings is 1. The van der Waals surface area contributed by atoms with Crippen LogP contribution in [-0.2, 0) is 0 Å². The number of hydrogen-bond donors (Lipinski definition) is 3. The second-order valence-corrected chi connectivity index (χ2v) is 4.57. The van der Waals surface area contributed by atoms with E-state index in [2.05, 4.69) is 31.8 Å². The summed E-state index contributed by atoms with van der Waals surface area (Å²) in [5, 5.41) is 0. The lowest BCUT2D eigenvalue weighted by Crippen LogP contribution is -2.41. The van der Waals surface area contributed by atoms with Crippen molar-refractivity contribution in [3.8, 4) is 0 Å². The molecular formula is C12H9BrFN3O2. The third-order valence-electron chi connectivity index (χ3n) is 2.27. The molecule has 2 amide bonds. The van der Waals surface area contributed by atoms with E-state index in [1.54, 1.807) is 12.3 Å². The first-order valence-corrected chi connectivity index (χ1v) is 6.06. The van der Waals surface area contributed by atoms with E-state index in [-0.39, 0.29) is 11.3 Å². The number of carbonyl (C=O) groups is 2. The smallest absolute Gasteiger partial charge is 0.286 e. The number of aromatic nitrogens is 1. The molecule has 2 rings (SSSR count). The number of hydrazine groups is 1. The lowest BCUT2D eigenvalue weighted by atomic mass is 10.2. The summed E-state index contributed by atoms with van der Waals surface area (Å²) in [6.07, 6.45) is 1.59. The number of halogens is 2. The number of carbonyl (C=O) groups excluding carboxylic acids is 2. The Kier molecular flexibility index (Phi) is 3.96. The number of H-pyrrole nitrogens is 1. The molecule has 0 bridgehead atoms.